The molecule has 4 rings (SSSR count). The van der Waals surface area contributed by atoms with E-state index in [0.717, 1.165) is 40.6 Å². The van der Waals surface area contributed by atoms with Crippen LogP contribution in [-0.2, 0) is 6.42 Å². The Morgan fingerprint density at radius 1 is 1.12 bits per heavy atom. The van der Waals surface area contributed by atoms with E-state index in [-0.39, 0.29) is 17.9 Å². The summed E-state index contributed by atoms with van der Waals surface area (Å²) in [7, 11) is 0. The number of aryl methyl sites for hydroxylation is 1. The van der Waals surface area contributed by atoms with Crippen molar-refractivity contribution in [3.8, 4) is 0 Å². The van der Waals surface area contributed by atoms with E-state index in [2.05, 4.69) is 5.32 Å². The molecule has 0 fully saturated rings. The van der Waals surface area contributed by atoms with Gasteiger partial charge in [-0.15, -0.1) is 0 Å². The molecular weight excluding hydrogens is 315 g/mol. The number of carbonyl (C=O) groups excluding carboxylic acids is 1. The van der Waals surface area contributed by atoms with Crippen molar-refractivity contribution in [1.29, 1.82) is 0 Å². The molecule has 0 spiro atoms. The monoisotopic (exact) mass is 334 g/mol. The molecule has 4 heteroatoms. The largest absolute Gasteiger partial charge is 0.326 e. The standard InChI is InChI=1S/C21H19FN2O/c1-14-9-10-16-13-17(22)11-12-20(16)24(14)21(25)23-19-8-4-6-15-5-2-3-7-18(15)19/h2-8,11-14H,9-10H2,1H3,(H,23,25)/t14-/m1/s1. The van der Waals surface area contributed by atoms with Gasteiger partial charge in [0.05, 0.1) is 5.69 Å². The van der Waals surface area contributed by atoms with E-state index in [1.54, 1.807) is 11.0 Å². The minimum atomic E-state index is -0.261. The van der Waals surface area contributed by atoms with E-state index in [9.17, 15) is 9.18 Å². The van der Waals surface area contributed by atoms with Gasteiger partial charge in [-0.3, -0.25) is 4.90 Å². The number of nitrogens with one attached hydrogen (secondary N) is 1. The van der Waals surface area contributed by atoms with Crippen LogP contribution < -0.4 is 10.2 Å². The topological polar surface area (TPSA) is 32.3 Å². The number of urea groups is 1. The Hall–Kier alpha value is -2.88. The van der Waals surface area contributed by atoms with E-state index in [1.807, 2.05) is 49.4 Å². The average Bonchev–Trinajstić information content (AvgIpc) is 2.62. The number of anilines is 2. The Morgan fingerprint density at radius 3 is 2.80 bits per heavy atom. The van der Waals surface area contributed by atoms with Crippen molar-refractivity contribution in [2.24, 2.45) is 0 Å². The molecule has 2 amide bonds. The van der Waals surface area contributed by atoms with Gasteiger partial charge < -0.3 is 5.32 Å². The van der Waals surface area contributed by atoms with Crippen LogP contribution in [-0.4, -0.2) is 12.1 Å². The van der Waals surface area contributed by atoms with E-state index in [1.165, 1.54) is 12.1 Å². The SMILES string of the molecule is C[C@@H]1CCc2cc(F)ccc2N1C(=O)Nc1cccc2ccccc12. The lowest BCUT2D eigenvalue weighted by molar-refractivity contribution is 0.254. The summed E-state index contributed by atoms with van der Waals surface area (Å²) in [6.45, 7) is 2.02. The molecule has 1 N–H and O–H groups in total. The van der Waals surface area contributed by atoms with Crippen LogP contribution >= 0.6 is 0 Å². The summed E-state index contributed by atoms with van der Waals surface area (Å²) < 4.78 is 13.5. The van der Waals surface area contributed by atoms with Gasteiger partial charge in [0.15, 0.2) is 0 Å². The van der Waals surface area contributed by atoms with Crippen LogP contribution in [0.3, 0.4) is 0 Å². The molecule has 0 bridgehead atoms. The van der Waals surface area contributed by atoms with Crippen LogP contribution in [0.25, 0.3) is 10.8 Å². The maximum absolute atomic E-state index is 13.5. The van der Waals surface area contributed by atoms with E-state index < -0.39 is 0 Å². The molecule has 25 heavy (non-hydrogen) atoms. The number of nitrogens with zero attached hydrogens (tertiary/aromatic N) is 1. The third-order valence-corrected chi connectivity index (χ3v) is 4.82. The Morgan fingerprint density at radius 2 is 1.92 bits per heavy atom. The van der Waals surface area contributed by atoms with E-state index in [4.69, 9.17) is 0 Å². The molecular formula is C21H19FN2O. The van der Waals surface area contributed by atoms with Gasteiger partial charge in [0, 0.05) is 17.1 Å². The van der Waals surface area contributed by atoms with Crippen molar-refractivity contribution < 1.29 is 9.18 Å². The van der Waals surface area contributed by atoms with Crippen molar-refractivity contribution in [3.05, 3.63) is 72.0 Å². The van der Waals surface area contributed by atoms with Gasteiger partial charge in [-0.2, -0.15) is 0 Å². The molecule has 3 aromatic carbocycles. The first-order chi connectivity index (χ1) is 12.1. The molecule has 1 aliphatic heterocycles. The number of fused-ring (bicyclic) bond motifs is 2. The van der Waals surface area contributed by atoms with Gasteiger partial charge in [0.25, 0.3) is 0 Å². The number of benzene rings is 3. The first-order valence-electron chi connectivity index (χ1n) is 8.50. The highest BCUT2D eigenvalue weighted by Gasteiger charge is 2.28. The maximum atomic E-state index is 13.5. The zero-order chi connectivity index (χ0) is 17.4. The molecule has 0 unspecified atom stereocenters. The maximum Gasteiger partial charge on any atom is 0.326 e. The van der Waals surface area contributed by atoms with Gasteiger partial charge >= 0.3 is 6.03 Å². The summed E-state index contributed by atoms with van der Waals surface area (Å²) in [5, 5.41) is 5.11. The summed E-state index contributed by atoms with van der Waals surface area (Å²) in [6.07, 6.45) is 1.60. The number of hydrogen-bond acceptors (Lipinski definition) is 1. The van der Waals surface area contributed by atoms with Crippen LogP contribution in [0.5, 0.6) is 0 Å². The Bertz CT molecular complexity index is 948. The third kappa shape index (κ3) is 2.84. The molecule has 0 saturated heterocycles. The fraction of sp³-hybridized carbons (Fsp3) is 0.190. The number of halogens is 1. The van der Waals surface area contributed by atoms with Crippen molar-refractivity contribution >= 4 is 28.2 Å². The molecule has 0 saturated carbocycles. The molecule has 1 heterocycles. The van der Waals surface area contributed by atoms with Crippen molar-refractivity contribution in [2.75, 3.05) is 10.2 Å². The van der Waals surface area contributed by atoms with Gasteiger partial charge in [-0.25, -0.2) is 9.18 Å². The minimum Gasteiger partial charge on any atom is -0.307 e. The van der Waals surface area contributed by atoms with Crippen molar-refractivity contribution in [2.45, 2.75) is 25.8 Å². The van der Waals surface area contributed by atoms with Crippen LogP contribution in [0, 0.1) is 5.82 Å². The van der Waals surface area contributed by atoms with Crippen LogP contribution in [0.1, 0.15) is 18.9 Å². The molecule has 3 aromatic rings. The number of carbonyl (C=O) groups is 1. The highest BCUT2D eigenvalue weighted by molar-refractivity contribution is 6.08. The van der Waals surface area contributed by atoms with E-state index in [0.29, 0.717) is 0 Å². The normalized spacial score (nSPS) is 16.6. The quantitative estimate of drug-likeness (QED) is 0.639. The van der Waals surface area contributed by atoms with Gasteiger partial charge in [-0.1, -0.05) is 36.4 Å². The molecule has 0 aliphatic carbocycles. The lowest BCUT2D eigenvalue weighted by atomic mass is 9.97. The molecule has 126 valence electrons. The Kier molecular flexibility index (Phi) is 3.88. The first kappa shape index (κ1) is 15.6. The minimum absolute atomic E-state index is 0.0629. The predicted octanol–water partition coefficient (Wildman–Crippen LogP) is 5.35. The Labute approximate surface area is 146 Å². The number of amides is 2. The van der Waals surface area contributed by atoms with Gasteiger partial charge in [0.1, 0.15) is 5.82 Å². The highest BCUT2D eigenvalue weighted by Crippen LogP contribution is 2.32. The van der Waals surface area contributed by atoms with Crippen LogP contribution in [0.15, 0.2) is 60.7 Å². The van der Waals surface area contributed by atoms with Crippen molar-refractivity contribution in [1.82, 2.24) is 0 Å². The van der Waals surface area contributed by atoms with Gasteiger partial charge in [-0.05, 0) is 55.0 Å². The second-order valence-corrected chi connectivity index (χ2v) is 6.49. The van der Waals surface area contributed by atoms with Gasteiger partial charge in [0.2, 0.25) is 0 Å². The molecule has 1 atom stereocenters. The fourth-order valence-corrected chi connectivity index (χ4v) is 3.54. The first-order valence-corrected chi connectivity index (χ1v) is 8.50. The molecule has 1 aliphatic rings. The Balaban J connectivity index is 1.69. The lowest BCUT2D eigenvalue weighted by Gasteiger charge is -2.35. The summed E-state index contributed by atoms with van der Waals surface area (Å²) in [5.74, 6) is -0.261. The smallest absolute Gasteiger partial charge is 0.307 e. The predicted molar refractivity (Wildman–Crippen MR) is 99.6 cm³/mol. The lowest BCUT2D eigenvalue weighted by Crippen LogP contribution is -2.44. The zero-order valence-corrected chi connectivity index (χ0v) is 14.0. The fourth-order valence-electron chi connectivity index (χ4n) is 3.54. The molecule has 0 aromatic heterocycles. The second-order valence-electron chi connectivity index (χ2n) is 6.49. The highest BCUT2D eigenvalue weighted by atomic mass is 19.1. The number of rotatable bonds is 1. The summed E-state index contributed by atoms with van der Waals surface area (Å²) in [5.41, 5.74) is 2.45. The number of hydrogen-bond donors (Lipinski definition) is 1. The van der Waals surface area contributed by atoms with Crippen LogP contribution in [0.4, 0.5) is 20.6 Å². The zero-order valence-electron chi connectivity index (χ0n) is 14.0. The van der Waals surface area contributed by atoms with Crippen LogP contribution in [0.2, 0.25) is 0 Å². The van der Waals surface area contributed by atoms with Crippen molar-refractivity contribution in [3.63, 3.8) is 0 Å². The molecule has 3 nitrogen and oxygen atoms in total. The molecule has 0 radical (unpaired) electrons. The average molecular weight is 334 g/mol. The summed E-state index contributed by atoms with van der Waals surface area (Å²) in [4.78, 5) is 14.7. The summed E-state index contributed by atoms with van der Waals surface area (Å²) >= 11 is 0. The van der Waals surface area contributed by atoms with E-state index >= 15 is 0 Å². The summed E-state index contributed by atoms with van der Waals surface area (Å²) in [6, 6.07) is 18.3. The third-order valence-electron chi connectivity index (χ3n) is 4.82. The second kappa shape index (κ2) is 6.20.